The molecule has 0 spiro atoms. The van der Waals surface area contributed by atoms with E-state index in [0.717, 1.165) is 49.0 Å². The number of hydrogen-bond acceptors (Lipinski definition) is 3. The zero-order valence-corrected chi connectivity index (χ0v) is 12.5. The third kappa shape index (κ3) is 2.30. The topological polar surface area (TPSA) is 47.1 Å². The lowest BCUT2D eigenvalue weighted by Gasteiger charge is -2.18. The molecule has 0 atom stereocenters. The Bertz CT molecular complexity index is 882. The normalized spacial score (nSPS) is 14.8. The lowest BCUT2D eigenvalue weighted by atomic mass is 10.0. The Kier molecular flexibility index (Phi) is 3.18. The second-order valence-corrected chi connectivity index (χ2v) is 5.79. The Labute approximate surface area is 132 Å². The second kappa shape index (κ2) is 5.22. The average molecular weight is 314 g/mol. The Hall–Kier alpha value is -2.63. The van der Waals surface area contributed by atoms with E-state index in [4.69, 9.17) is 5.73 Å². The summed E-state index contributed by atoms with van der Waals surface area (Å²) in [5.41, 5.74) is 7.72. The SMILES string of the molecule is Nc1nn(N2CCCC2)c2ccc(-c3cc(F)ccc3F)cc12. The minimum atomic E-state index is -0.470. The molecule has 1 aromatic heterocycles. The van der Waals surface area contributed by atoms with Crippen molar-refractivity contribution in [2.45, 2.75) is 12.8 Å². The van der Waals surface area contributed by atoms with Gasteiger partial charge in [0, 0.05) is 24.0 Å². The van der Waals surface area contributed by atoms with Crippen LogP contribution in [-0.2, 0) is 0 Å². The Morgan fingerprint density at radius 2 is 1.78 bits per heavy atom. The monoisotopic (exact) mass is 314 g/mol. The summed E-state index contributed by atoms with van der Waals surface area (Å²) >= 11 is 0. The highest BCUT2D eigenvalue weighted by molar-refractivity contribution is 5.93. The van der Waals surface area contributed by atoms with E-state index in [0.29, 0.717) is 11.4 Å². The van der Waals surface area contributed by atoms with Crippen LogP contribution in [0.25, 0.3) is 22.0 Å². The number of halogens is 2. The Balaban J connectivity index is 1.85. The number of fused-ring (bicyclic) bond motifs is 1. The molecule has 2 N–H and O–H groups in total. The van der Waals surface area contributed by atoms with Crippen molar-refractivity contribution in [3.05, 3.63) is 48.0 Å². The summed E-state index contributed by atoms with van der Waals surface area (Å²) in [5, 5.41) is 7.29. The fraction of sp³-hybridized carbons (Fsp3) is 0.235. The molecule has 0 aliphatic carbocycles. The number of benzene rings is 2. The molecule has 6 heteroatoms. The van der Waals surface area contributed by atoms with Gasteiger partial charge in [-0.2, -0.15) is 4.79 Å². The van der Waals surface area contributed by atoms with Gasteiger partial charge in [-0.05, 0) is 48.7 Å². The highest BCUT2D eigenvalue weighted by atomic mass is 19.1. The van der Waals surface area contributed by atoms with Gasteiger partial charge in [-0.15, -0.1) is 5.10 Å². The minimum Gasteiger partial charge on any atom is -0.382 e. The Morgan fingerprint density at radius 3 is 2.57 bits per heavy atom. The standard InChI is InChI=1S/C17H16F2N4/c18-12-4-5-15(19)13(10-12)11-3-6-16-14(9-11)17(20)21-23(16)22-7-1-2-8-22/h3-6,9-10H,1-2,7-8H2,(H2,20,21). The molecule has 4 nitrogen and oxygen atoms in total. The number of nitrogen functional groups attached to an aromatic ring is 1. The first-order valence-corrected chi connectivity index (χ1v) is 7.62. The van der Waals surface area contributed by atoms with Crippen molar-refractivity contribution < 1.29 is 8.78 Å². The maximum atomic E-state index is 14.0. The van der Waals surface area contributed by atoms with Gasteiger partial charge < -0.3 is 5.73 Å². The molecule has 0 amide bonds. The highest BCUT2D eigenvalue weighted by Gasteiger charge is 2.18. The minimum absolute atomic E-state index is 0.222. The van der Waals surface area contributed by atoms with Crippen LogP contribution in [-0.4, -0.2) is 23.0 Å². The van der Waals surface area contributed by atoms with E-state index in [2.05, 4.69) is 10.1 Å². The molecule has 0 unspecified atom stereocenters. The van der Waals surface area contributed by atoms with Gasteiger partial charge >= 0.3 is 0 Å². The van der Waals surface area contributed by atoms with Crippen molar-refractivity contribution in [2.24, 2.45) is 0 Å². The molecule has 1 saturated heterocycles. The van der Waals surface area contributed by atoms with Gasteiger partial charge in [-0.3, -0.25) is 5.01 Å². The first-order chi connectivity index (χ1) is 11.1. The first kappa shape index (κ1) is 14.0. The van der Waals surface area contributed by atoms with Crippen molar-refractivity contribution in [2.75, 3.05) is 23.8 Å². The van der Waals surface area contributed by atoms with Crippen LogP contribution in [0.5, 0.6) is 0 Å². The van der Waals surface area contributed by atoms with E-state index in [1.54, 1.807) is 12.1 Å². The third-order valence-electron chi connectivity index (χ3n) is 4.28. The van der Waals surface area contributed by atoms with Crippen LogP contribution in [0.2, 0.25) is 0 Å². The Morgan fingerprint density at radius 1 is 1.00 bits per heavy atom. The number of hydrogen-bond donors (Lipinski definition) is 1. The highest BCUT2D eigenvalue weighted by Crippen LogP contribution is 2.30. The zero-order valence-electron chi connectivity index (χ0n) is 12.5. The number of anilines is 1. The molecule has 3 aromatic rings. The van der Waals surface area contributed by atoms with Gasteiger partial charge in [0.05, 0.1) is 5.52 Å². The molecule has 0 radical (unpaired) electrons. The van der Waals surface area contributed by atoms with E-state index >= 15 is 0 Å². The summed E-state index contributed by atoms with van der Waals surface area (Å²) in [6.07, 6.45) is 2.27. The molecule has 23 heavy (non-hydrogen) atoms. The predicted molar refractivity (Wildman–Crippen MR) is 86.7 cm³/mol. The van der Waals surface area contributed by atoms with Crippen LogP contribution < -0.4 is 10.7 Å². The van der Waals surface area contributed by atoms with Crippen molar-refractivity contribution in [3.8, 4) is 11.1 Å². The van der Waals surface area contributed by atoms with Gasteiger partial charge in [0.2, 0.25) is 0 Å². The van der Waals surface area contributed by atoms with E-state index < -0.39 is 11.6 Å². The summed E-state index contributed by atoms with van der Waals surface area (Å²) in [6.45, 7) is 1.88. The third-order valence-corrected chi connectivity index (χ3v) is 4.28. The van der Waals surface area contributed by atoms with Crippen molar-refractivity contribution in [1.29, 1.82) is 0 Å². The van der Waals surface area contributed by atoms with Gasteiger partial charge in [-0.1, -0.05) is 6.07 Å². The largest absolute Gasteiger partial charge is 0.382 e. The van der Waals surface area contributed by atoms with E-state index in [1.165, 1.54) is 6.07 Å². The summed E-state index contributed by atoms with van der Waals surface area (Å²) in [4.78, 5) is 1.82. The van der Waals surface area contributed by atoms with Crippen molar-refractivity contribution in [1.82, 2.24) is 9.89 Å². The number of rotatable bonds is 2. The summed E-state index contributed by atoms with van der Waals surface area (Å²) in [6, 6.07) is 8.83. The molecule has 0 saturated carbocycles. The van der Waals surface area contributed by atoms with E-state index in [9.17, 15) is 8.78 Å². The summed E-state index contributed by atoms with van der Waals surface area (Å²) < 4.78 is 27.4. The van der Waals surface area contributed by atoms with Crippen molar-refractivity contribution in [3.63, 3.8) is 0 Å². The average Bonchev–Trinajstić information content (AvgIpc) is 3.18. The van der Waals surface area contributed by atoms with Crippen LogP contribution in [0.4, 0.5) is 14.6 Å². The maximum Gasteiger partial charge on any atom is 0.155 e. The lowest BCUT2D eigenvalue weighted by Crippen LogP contribution is -2.32. The van der Waals surface area contributed by atoms with Crippen LogP contribution in [0.3, 0.4) is 0 Å². The molecule has 0 bridgehead atoms. The van der Waals surface area contributed by atoms with Gasteiger partial charge in [0.15, 0.2) is 5.82 Å². The molecule has 2 heterocycles. The van der Waals surface area contributed by atoms with Crippen LogP contribution >= 0.6 is 0 Å². The smallest absolute Gasteiger partial charge is 0.155 e. The fourth-order valence-corrected chi connectivity index (χ4v) is 3.12. The second-order valence-electron chi connectivity index (χ2n) is 5.79. The number of nitrogens with zero attached hydrogens (tertiary/aromatic N) is 3. The van der Waals surface area contributed by atoms with Crippen LogP contribution in [0.15, 0.2) is 36.4 Å². The van der Waals surface area contributed by atoms with Crippen molar-refractivity contribution >= 4 is 16.7 Å². The van der Waals surface area contributed by atoms with Gasteiger partial charge in [0.25, 0.3) is 0 Å². The van der Waals surface area contributed by atoms with Crippen LogP contribution in [0.1, 0.15) is 12.8 Å². The molecule has 2 aromatic carbocycles. The summed E-state index contributed by atoms with van der Waals surface area (Å²) in [5.74, 6) is -0.538. The van der Waals surface area contributed by atoms with E-state index in [1.807, 2.05) is 10.9 Å². The van der Waals surface area contributed by atoms with Gasteiger partial charge in [0.1, 0.15) is 11.6 Å². The summed E-state index contributed by atoms with van der Waals surface area (Å²) in [7, 11) is 0. The predicted octanol–water partition coefficient (Wildman–Crippen LogP) is 3.30. The first-order valence-electron chi connectivity index (χ1n) is 7.62. The quantitative estimate of drug-likeness (QED) is 0.789. The number of nitrogens with two attached hydrogens (primary N) is 1. The van der Waals surface area contributed by atoms with Crippen LogP contribution in [0, 0.1) is 11.6 Å². The number of aromatic nitrogens is 2. The molecular formula is C17H16F2N4. The lowest BCUT2D eigenvalue weighted by molar-refractivity contribution is 0.603. The fourth-order valence-electron chi connectivity index (χ4n) is 3.12. The molecule has 1 aliphatic heterocycles. The molecule has 1 aliphatic rings. The zero-order chi connectivity index (χ0) is 16.0. The molecule has 4 rings (SSSR count). The van der Waals surface area contributed by atoms with E-state index in [-0.39, 0.29) is 5.56 Å². The molecule has 1 fully saturated rings. The molecular weight excluding hydrogens is 298 g/mol. The maximum absolute atomic E-state index is 14.0. The molecule has 118 valence electrons. The van der Waals surface area contributed by atoms with Gasteiger partial charge in [-0.25, -0.2) is 8.78 Å².